The molecule has 5 heteroatoms. The number of nitrogens with zero attached hydrogens (tertiary/aromatic N) is 3. The van der Waals surface area contributed by atoms with Gasteiger partial charge in [0.25, 0.3) is 0 Å². The molecule has 0 aliphatic heterocycles. The van der Waals surface area contributed by atoms with Crippen molar-refractivity contribution in [3.63, 3.8) is 0 Å². The van der Waals surface area contributed by atoms with E-state index < -0.39 is 0 Å². The molecule has 4 aromatic rings. The van der Waals surface area contributed by atoms with Gasteiger partial charge >= 0.3 is 0 Å². The molecule has 0 spiro atoms. The van der Waals surface area contributed by atoms with E-state index in [0.29, 0.717) is 13.0 Å². The number of para-hydroxylation sites is 1. The fourth-order valence-electron chi connectivity index (χ4n) is 3.48. The summed E-state index contributed by atoms with van der Waals surface area (Å²) in [4.78, 5) is 15.8. The molecule has 30 heavy (non-hydrogen) atoms. The summed E-state index contributed by atoms with van der Waals surface area (Å²) in [5.74, 6) is 0.165. The fraction of sp³-hybridized carbons (Fsp3) is 0.200. The highest BCUT2D eigenvalue weighted by atomic mass is 32.1. The molecule has 0 aliphatic carbocycles. The number of carbonyl (C=O) groups excluding carboxylic acids is 1. The highest BCUT2D eigenvalue weighted by molar-refractivity contribution is 7.09. The van der Waals surface area contributed by atoms with Gasteiger partial charge in [0.2, 0.25) is 5.91 Å². The average molecular weight is 416 g/mol. The molecule has 0 N–H and O–H groups in total. The number of amides is 1. The number of aryl methyl sites for hydroxylation is 1. The maximum atomic E-state index is 12.7. The molecule has 4 nitrogen and oxygen atoms in total. The normalized spacial score (nSPS) is 10.8. The van der Waals surface area contributed by atoms with Gasteiger partial charge in [-0.05, 0) is 36.4 Å². The highest BCUT2D eigenvalue weighted by Crippen LogP contribution is 2.25. The summed E-state index contributed by atoms with van der Waals surface area (Å²) < 4.78 is 1.90. The van der Waals surface area contributed by atoms with Crippen LogP contribution in [0.25, 0.3) is 16.9 Å². The smallest absolute Gasteiger partial charge is 0.222 e. The standard InChI is InChI=1S/C25H25N3OS/c1-27(24(29)16-8-14-23-15-9-17-30-23)18-21-19-28(22-12-6-3-7-13-22)26-25(21)20-10-4-2-5-11-20/h2-7,9-13,15,17,19H,8,14,16,18H2,1H3. The lowest BCUT2D eigenvalue weighted by Crippen LogP contribution is -2.26. The van der Waals surface area contributed by atoms with Crippen LogP contribution < -0.4 is 0 Å². The second-order valence-electron chi connectivity index (χ2n) is 7.33. The summed E-state index contributed by atoms with van der Waals surface area (Å²) in [7, 11) is 1.88. The van der Waals surface area contributed by atoms with E-state index in [1.165, 1.54) is 4.88 Å². The van der Waals surface area contributed by atoms with Gasteiger partial charge in [-0.2, -0.15) is 5.10 Å². The van der Waals surface area contributed by atoms with Gasteiger partial charge in [-0.3, -0.25) is 4.79 Å². The van der Waals surface area contributed by atoms with Crippen molar-refractivity contribution in [3.05, 3.63) is 94.8 Å². The zero-order chi connectivity index (χ0) is 20.8. The molecule has 4 rings (SSSR count). The minimum absolute atomic E-state index is 0.165. The van der Waals surface area contributed by atoms with Gasteiger partial charge in [0, 0.05) is 42.2 Å². The van der Waals surface area contributed by atoms with Gasteiger partial charge < -0.3 is 4.90 Å². The average Bonchev–Trinajstić information content (AvgIpc) is 3.45. The number of hydrogen-bond donors (Lipinski definition) is 0. The number of thiophene rings is 1. The molecule has 2 aromatic heterocycles. The number of hydrogen-bond acceptors (Lipinski definition) is 3. The van der Waals surface area contributed by atoms with E-state index in [9.17, 15) is 4.79 Å². The monoisotopic (exact) mass is 415 g/mol. The SMILES string of the molecule is CN(Cc1cn(-c2ccccc2)nc1-c1ccccc1)C(=O)CCCc1cccs1. The van der Waals surface area contributed by atoms with Gasteiger partial charge in [0.05, 0.1) is 11.4 Å². The minimum Gasteiger partial charge on any atom is -0.341 e. The van der Waals surface area contributed by atoms with Crippen LogP contribution in [0.4, 0.5) is 0 Å². The Morgan fingerprint density at radius 3 is 2.43 bits per heavy atom. The third-order valence-corrected chi connectivity index (χ3v) is 6.02. The van der Waals surface area contributed by atoms with E-state index in [1.54, 1.807) is 11.3 Å². The number of rotatable bonds is 8. The first-order valence-corrected chi connectivity index (χ1v) is 11.0. The number of benzene rings is 2. The van der Waals surface area contributed by atoms with Crippen molar-refractivity contribution in [1.29, 1.82) is 0 Å². The van der Waals surface area contributed by atoms with Gasteiger partial charge in [-0.1, -0.05) is 54.6 Å². The van der Waals surface area contributed by atoms with Crippen LogP contribution in [0.5, 0.6) is 0 Å². The molecule has 0 saturated heterocycles. The van der Waals surface area contributed by atoms with Crippen molar-refractivity contribution >= 4 is 17.2 Å². The van der Waals surface area contributed by atoms with Gasteiger partial charge in [-0.25, -0.2) is 4.68 Å². The molecular weight excluding hydrogens is 390 g/mol. The van der Waals surface area contributed by atoms with E-state index >= 15 is 0 Å². The maximum Gasteiger partial charge on any atom is 0.222 e. The zero-order valence-corrected chi connectivity index (χ0v) is 17.9. The Morgan fingerprint density at radius 1 is 1.00 bits per heavy atom. The van der Waals surface area contributed by atoms with Crippen LogP contribution in [0.15, 0.2) is 84.4 Å². The molecule has 2 heterocycles. The third-order valence-electron chi connectivity index (χ3n) is 5.09. The molecule has 0 aliphatic rings. The van der Waals surface area contributed by atoms with Crippen molar-refractivity contribution in [3.8, 4) is 16.9 Å². The van der Waals surface area contributed by atoms with Crippen LogP contribution in [0.2, 0.25) is 0 Å². The summed E-state index contributed by atoms with van der Waals surface area (Å²) in [6.07, 6.45) is 4.42. The molecule has 2 aromatic carbocycles. The quantitative estimate of drug-likeness (QED) is 0.377. The first kappa shape index (κ1) is 20.1. The third kappa shape index (κ3) is 4.86. The van der Waals surface area contributed by atoms with Crippen molar-refractivity contribution in [2.45, 2.75) is 25.8 Å². The highest BCUT2D eigenvalue weighted by Gasteiger charge is 2.16. The van der Waals surface area contributed by atoms with Gasteiger partial charge in [0.1, 0.15) is 0 Å². The summed E-state index contributed by atoms with van der Waals surface area (Å²) in [6, 6.07) is 24.4. The minimum atomic E-state index is 0.165. The molecule has 152 valence electrons. The van der Waals surface area contributed by atoms with Crippen LogP contribution in [0.1, 0.15) is 23.3 Å². The predicted octanol–water partition coefficient (Wildman–Crippen LogP) is 5.58. The molecule has 0 bridgehead atoms. The zero-order valence-electron chi connectivity index (χ0n) is 17.1. The van der Waals surface area contributed by atoms with Gasteiger partial charge in [-0.15, -0.1) is 11.3 Å². The molecule has 0 saturated carbocycles. The van der Waals surface area contributed by atoms with Crippen LogP contribution >= 0.6 is 11.3 Å². The largest absolute Gasteiger partial charge is 0.341 e. The summed E-state index contributed by atoms with van der Waals surface area (Å²) >= 11 is 1.75. The summed E-state index contributed by atoms with van der Waals surface area (Å²) in [5, 5.41) is 6.92. The van der Waals surface area contributed by atoms with Crippen molar-refractivity contribution in [1.82, 2.24) is 14.7 Å². The Labute approximate surface area is 181 Å². The van der Waals surface area contributed by atoms with Crippen LogP contribution in [-0.4, -0.2) is 27.6 Å². The Hall–Kier alpha value is -3.18. The van der Waals surface area contributed by atoms with Crippen LogP contribution in [-0.2, 0) is 17.8 Å². The molecular formula is C25H25N3OS. The molecule has 0 unspecified atom stereocenters. The van der Waals surface area contributed by atoms with Gasteiger partial charge in [0.15, 0.2) is 0 Å². The van der Waals surface area contributed by atoms with Crippen molar-refractivity contribution in [2.75, 3.05) is 7.05 Å². The van der Waals surface area contributed by atoms with Crippen LogP contribution in [0.3, 0.4) is 0 Å². The van der Waals surface area contributed by atoms with Crippen LogP contribution in [0, 0.1) is 0 Å². The van der Waals surface area contributed by atoms with E-state index in [-0.39, 0.29) is 5.91 Å². The fourth-order valence-corrected chi connectivity index (χ4v) is 4.23. The van der Waals surface area contributed by atoms with E-state index in [2.05, 4.69) is 29.6 Å². The predicted molar refractivity (Wildman–Crippen MR) is 123 cm³/mol. The lowest BCUT2D eigenvalue weighted by atomic mass is 10.1. The lowest BCUT2D eigenvalue weighted by Gasteiger charge is -2.17. The van der Waals surface area contributed by atoms with Crippen molar-refractivity contribution < 1.29 is 4.79 Å². The van der Waals surface area contributed by atoms with E-state index in [1.807, 2.05) is 71.4 Å². The molecule has 0 atom stereocenters. The Kier molecular flexibility index (Phi) is 6.40. The van der Waals surface area contributed by atoms with E-state index in [4.69, 9.17) is 5.10 Å². The molecule has 0 radical (unpaired) electrons. The summed E-state index contributed by atoms with van der Waals surface area (Å²) in [6.45, 7) is 0.537. The second-order valence-corrected chi connectivity index (χ2v) is 8.36. The Bertz CT molecular complexity index is 1070. The van der Waals surface area contributed by atoms with E-state index in [0.717, 1.165) is 35.3 Å². The second kappa shape index (κ2) is 9.55. The number of carbonyl (C=O) groups is 1. The first-order chi connectivity index (χ1) is 14.7. The Morgan fingerprint density at radius 2 is 1.73 bits per heavy atom. The Balaban J connectivity index is 1.50. The summed E-state index contributed by atoms with van der Waals surface area (Å²) in [5.41, 5.74) is 4.02. The lowest BCUT2D eigenvalue weighted by molar-refractivity contribution is -0.130. The molecule has 1 amide bonds. The maximum absolute atomic E-state index is 12.7. The number of aromatic nitrogens is 2. The molecule has 0 fully saturated rings. The van der Waals surface area contributed by atoms with Crippen molar-refractivity contribution in [2.24, 2.45) is 0 Å². The topological polar surface area (TPSA) is 38.1 Å². The first-order valence-electron chi connectivity index (χ1n) is 10.2.